The minimum absolute atomic E-state index is 0.360. The van der Waals surface area contributed by atoms with E-state index in [-0.39, 0.29) is 0 Å². The third kappa shape index (κ3) is 3.13. The van der Waals surface area contributed by atoms with Gasteiger partial charge in [0.05, 0.1) is 0 Å². The minimum atomic E-state index is 0.360. The standard InChI is InChI=1S/C23H23IN2O/c1-26-18-11-12-21(26)23(19(13-18)15-7-9-17(24)10-8-15)22-14-20(25-27-22)16-5-3-2-4-6-16/h2-10,14,18-19,21,23H,11-13H2,1H3/t18-,19+,21+,23-/m0/s1. The van der Waals surface area contributed by atoms with Gasteiger partial charge >= 0.3 is 0 Å². The van der Waals surface area contributed by atoms with Crippen molar-refractivity contribution in [2.24, 2.45) is 0 Å². The Morgan fingerprint density at radius 2 is 1.81 bits per heavy atom. The highest BCUT2D eigenvalue weighted by Gasteiger charge is 2.48. The van der Waals surface area contributed by atoms with Gasteiger partial charge in [-0.3, -0.25) is 4.90 Å². The monoisotopic (exact) mass is 470 g/mol. The molecule has 0 saturated carbocycles. The average Bonchev–Trinajstić information content (AvgIpc) is 3.26. The number of rotatable bonds is 3. The number of piperidine rings is 1. The van der Waals surface area contributed by atoms with E-state index in [9.17, 15) is 0 Å². The lowest BCUT2D eigenvalue weighted by Gasteiger charge is -2.42. The van der Waals surface area contributed by atoms with E-state index >= 15 is 0 Å². The minimum Gasteiger partial charge on any atom is -0.360 e. The molecule has 5 rings (SSSR count). The zero-order valence-corrected chi connectivity index (χ0v) is 17.5. The molecule has 2 aliphatic rings. The number of fused-ring (bicyclic) bond motifs is 2. The van der Waals surface area contributed by atoms with Crippen molar-refractivity contribution in [3.8, 4) is 11.3 Å². The highest BCUT2D eigenvalue weighted by molar-refractivity contribution is 14.1. The van der Waals surface area contributed by atoms with Crippen LogP contribution in [0.3, 0.4) is 0 Å². The number of likely N-dealkylation sites (N-methyl/N-ethyl adjacent to an activating group) is 1. The van der Waals surface area contributed by atoms with Crippen LogP contribution in [0.1, 0.15) is 42.4 Å². The number of hydrogen-bond acceptors (Lipinski definition) is 3. The van der Waals surface area contributed by atoms with Gasteiger partial charge in [0.2, 0.25) is 0 Å². The summed E-state index contributed by atoms with van der Waals surface area (Å²) in [4.78, 5) is 2.58. The number of halogens is 1. The fourth-order valence-corrected chi connectivity index (χ4v) is 5.46. The molecule has 2 fully saturated rings. The van der Waals surface area contributed by atoms with Crippen LogP contribution < -0.4 is 0 Å². The van der Waals surface area contributed by atoms with Crippen molar-refractivity contribution >= 4 is 22.6 Å². The van der Waals surface area contributed by atoms with E-state index in [1.807, 2.05) is 18.2 Å². The Morgan fingerprint density at radius 1 is 1.04 bits per heavy atom. The molecule has 0 unspecified atom stereocenters. The molecule has 4 heteroatoms. The van der Waals surface area contributed by atoms with Gasteiger partial charge in [-0.25, -0.2) is 0 Å². The molecular formula is C23H23IN2O. The molecule has 3 nitrogen and oxygen atoms in total. The molecule has 3 aromatic rings. The SMILES string of the molecule is CN1[C@H]2CC[C@@H]1[C@@H](c1cc(-c3ccccc3)no1)[C@@H](c1ccc(I)cc1)C2. The summed E-state index contributed by atoms with van der Waals surface area (Å²) >= 11 is 2.38. The third-order valence-corrected chi connectivity index (χ3v) is 7.21. The van der Waals surface area contributed by atoms with E-state index < -0.39 is 0 Å². The lowest BCUT2D eigenvalue weighted by molar-refractivity contribution is 0.122. The molecule has 2 saturated heterocycles. The molecule has 2 aliphatic heterocycles. The summed E-state index contributed by atoms with van der Waals surface area (Å²) in [7, 11) is 2.29. The molecule has 4 atom stereocenters. The van der Waals surface area contributed by atoms with Gasteiger partial charge in [0.1, 0.15) is 11.5 Å². The normalized spacial score (nSPS) is 27.8. The summed E-state index contributed by atoms with van der Waals surface area (Å²) in [6.45, 7) is 0. The Bertz CT molecular complexity index is 921. The Morgan fingerprint density at radius 3 is 2.59 bits per heavy atom. The van der Waals surface area contributed by atoms with E-state index in [0.29, 0.717) is 23.9 Å². The van der Waals surface area contributed by atoms with Crippen LogP contribution in [-0.2, 0) is 0 Å². The van der Waals surface area contributed by atoms with Gasteiger partial charge < -0.3 is 4.52 Å². The average molecular weight is 470 g/mol. The zero-order valence-electron chi connectivity index (χ0n) is 15.4. The summed E-state index contributed by atoms with van der Waals surface area (Å²) < 4.78 is 7.24. The maximum Gasteiger partial charge on any atom is 0.142 e. The summed E-state index contributed by atoms with van der Waals surface area (Å²) in [6.07, 6.45) is 3.73. The van der Waals surface area contributed by atoms with Crippen LogP contribution in [-0.4, -0.2) is 29.2 Å². The van der Waals surface area contributed by atoms with Gasteiger partial charge in [0.25, 0.3) is 0 Å². The summed E-state index contributed by atoms with van der Waals surface area (Å²) in [5, 5.41) is 4.42. The van der Waals surface area contributed by atoms with Crippen LogP contribution in [0.5, 0.6) is 0 Å². The van der Waals surface area contributed by atoms with Crippen molar-refractivity contribution in [1.82, 2.24) is 10.1 Å². The Balaban J connectivity index is 1.54. The van der Waals surface area contributed by atoms with Gasteiger partial charge in [-0.15, -0.1) is 0 Å². The molecule has 1 aromatic heterocycles. The molecule has 0 N–H and O–H groups in total. The lowest BCUT2D eigenvalue weighted by Crippen LogP contribution is -2.44. The van der Waals surface area contributed by atoms with Crippen molar-refractivity contribution in [1.29, 1.82) is 0 Å². The number of nitrogens with zero attached hydrogens (tertiary/aromatic N) is 2. The predicted octanol–water partition coefficient (Wildman–Crippen LogP) is 5.68. The number of aromatic nitrogens is 1. The van der Waals surface area contributed by atoms with E-state index in [1.54, 1.807) is 0 Å². The van der Waals surface area contributed by atoms with Crippen LogP contribution in [0.15, 0.2) is 65.2 Å². The first-order valence-electron chi connectivity index (χ1n) is 9.70. The van der Waals surface area contributed by atoms with Crippen molar-refractivity contribution in [3.05, 3.63) is 75.6 Å². The van der Waals surface area contributed by atoms with Crippen LogP contribution in [0.4, 0.5) is 0 Å². The topological polar surface area (TPSA) is 29.3 Å². The van der Waals surface area contributed by atoms with Gasteiger partial charge in [0, 0.05) is 33.2 Å². The fourth-order valence-electron chi connectivity index (χ4n) is 5.10. The number of hydrogen-bond donors (Lipinski definition) is 0. The molecule has 3 heterocycles. The van der Waals surface area contributed by atoms with Crippen molar-refractivity contribution < 1.29 is 4.52 Å². The summed E-state index contributed by atoms with van der Waals surface area (Å²) in [6, 6.07) is 22.8. The maximum atomic E-state index is 5.95. The van der Waals surface area contributed by atoms with Crippen LogP contribution in [0, 0.1) is 3.57 Å². The molecule has 2 aromatic carbocycles. The predicted molar refractivity (Wildman–Crippen MR) is 116 cm³/mol. The van der Waals surface area contributed by atoms with Crippen molar-refractivity contribution in [2.75, 3.05) is 7.05 Å². The summed E-state index contributed by atoms with van der Waals surface area (Å²) in [5.74, 6) is 1.89. The highest BCUT2D eigenvalue weighted by Crippen LogP contribution is 2.51. The maximum absolute atomic E-state index is 5.95. The van der Waals surface area contributed by atoms with E-state index in [0.717, 1.165) is 17.0 Å². The molecule has 27 heavy (non-hydrogen) atoms. The fraction of sp³-hybridized carbons (Fsp3) is 0.348. The van der Waals surface area contributed by atoms with Crippen LogP contribution >= 0.6 is 22.6 Å². The molecule has 0 radical (unpaired) electrons. The van der Waals surface area contributed by atoms with E-state index in [4.69, 9.17) is 4.52 Å². The molecule has 138 valence electrons. The van der Waals surface area contributed by atoms with Gasteiger partial charge in [-0.05, 0) is 72.5 Å². The second-order valence-electron chi connectivity index (χ2n) is 7.86. The smallest absolute Gasteiger partial charge is 0.142 e. The second kappa shape index (κ2) is 7.06. The first-order valence-corrected chi connectivity index (χ1v) is 10.8. The van der Waals surface area contributed by atoms with E-state index in [2.05, 4.69) is 82.2 Å². The molecule has 2 bridgehead atoms. The second-order valence-corrected chi connectivity index (χ2v) is 9.11. The third-order valence-electron chi connectivity index (χ3n) is 6.49. The van der Waals surface area contributed by atoms with Crippen LogP contribution in [0.2, 0.25) is 0 Å². The van der Waals surface area contributed by atoms with Crippen molar-refractivity contribution in [2.45, 2.75) is 43.2 Å². The quantitative estimate of drug-likeness (QED) is 0.462. The Kier molecular flexibility index (Phi) is 4.56. The first-order chi connectivity index (χ1) is 13.2. The summed E-state index contributed by atoms with van der Waals surface area (Å²) in [5.41, 5.74) is 3.49. The lowest BCUT2D eigenvalue weighted by atomic mass is 9.75. The molecule has 0 amide bonds. The van der Waals surface area contributed by atoms with Gasteiger partial charge in [0.15, 0.2) is 0 Å². The van der Waals surface area contributed by atoms with Crippen molar-refractivity contribution in [3.63, 3.8) is 0 Å². The number of benzene rings is 2. The molecule has 0 aliphatic carbocycles. The van der Waals surface area contributed by atoms with E-state index in [1.165, 1.54) is 28.4 Å². The molecule has 0 spiro atoms. The largest absolute Gasteiger partial charge is 0.360 e. The Hall–Kier alpha value is -1.66. The van der Waals surface area contributed by atoms with Gasteiger partial charge in [-0.1, -0.05) is 47.6 Å². The van der Waals surface area contributed by atoms with Crippen LogP contribution in [0.25, 0.3) is 11.3 Å². The van der Waals surface area contributed by atoms with Gasteiger partial charge in [-0.2, -0.15) is 0 Å². The molecular weight excluding hydrogens is 447 g/mol. The Labute approximate surface area is 173 Å². The first kappa shape index (κ1) is 17.4. The highest BCUT2D eigenvalue weighted by atomic mass is 127. The zero-order chi connectivity index (χ0) is 18.4.